The molecule has 0 saturated heterocycles. The van der Waals surface area contributed by atoms with Gasteiger partial charge in [-0.25, -0.2) is 0 Å². The van der Waals surface area contributed by atoms with Crippen molar-refractivity contribution in [3.05, 3.63) is 59.7 Å². The Morgan fingerprint density at radius 2 is 1.61 bits per heavy atom. The highest BCUT2D eigenvalue weighted by molar-refractivity contribution is 5.39. The predicted molar refractivity (Wildman–Crippen MR) is 93.1 cm³/mol. The van der Waals surface area contributed by atoms with Crippen LogP contribution in [-0.4, -0.2) is 31.2 Å². The molecule has 0 unspecified atom stereocenters. The van der Waals surface area contributed by atoms with Crippen LogP contribution in [0.3, 0.4) is 0 Å². The minimum atomic E-state index is 0.660. The maximum Gasteiger partial charge on any atom is 0.161 e. The van der Waals surface area contributed by atoms with Crippen LogP contribution in [0.5, 0.6) is 11.5 Å². The molecule has 0 saturated carbocycles. The number of fused-ring (bicyclic) bond motifs is 1. The molecule has 23 heavy (non-hydrogen) atoms. The molecule has 0 aromatic heterocycles. The van der Waals surface area contributed by atoms with Gasteiger partial charge in [-0.05, 0) is 43.0 Å². The zero-order valence-electron chi connectivity index (χ0n) is 13.8. The van der Waals surface area contributed by atoms with Crippen LogP contribution < -0.4 is 9.47 Å². The second-order valence-corrected chi connectivity index (χ2v) is 5.88. The summed E-state index contributed by atoms with van der Waals surface area (Å²) in [5.41, 5.74) is 2.98. The van der Waals surface area contributed by atoms with Crippen LogP contribution in [0.4, 0.5) is 0 Å². The molecule has 3 rings (SSSR count). The lowest BCUT2D eigenvalue weighted by atomic mass is 10.00. The van der Waals surface area contributed by atoms with E-state index in [1.165, 1.54) is 11.1 Å². The normalized spacial score (nSPS) is 14.3. The molecule has 0 aliphatic carbocycles. The molecule has 0 bridgehead atoms. The van der Waals surface area contributed by atoms with Gasteiger partial charge >= 0.3 is 0 Å². The van der Waals surface area contributed by atoms with Crippen molar-refractivity contribution in [3.8, 4) is 11.5 Å². The van der Waals surface area contributed by atoms with Gasteiger partial charge in [-0.1, -0.05) is 36.4 Å². The number of nitrogens with zero attached hydrogens (tertiary/aromatic N) is 1. The number of rotatable bonds is 7. The van der Waals surface area contributed by atoms with E-state index < -0.39 is 0 Å². The summed E-state index contributed by atoms with van der Waals surface area (Å²) in [6.45, 7) is 6.66. The third kappa shape index (κ3) is 4.26. The van der Waals surface area contributed by atoms with Crippen molar-refractivity contribution >= 4 is 0 Å². The number of hydrogen-bond donors (Lipinski definition) is 0. The molecule has 3 heteroatoms. The molecule has 1 aliphatic heterocycles. The summed E-state index contributed by atoms with van der Waals surface area (Å²) in [4.78, 5) is 2.51. The summed E-state index contributed by atoms with van der Waals surface area (Å²) in [6.07, 6.45) is 2.19. The fourth-order valence-electron chi connectivity index (χ4n) is 3.06. The molecule has 122 valence electrons. The Morgan fingerprint density at radius 3 is 2.39 bits per heavy atom. The molecular formula is C20H25NO2. The molecule has 0 radical (unpaired) electrons. The molecule has 0 spiro atoms. The van der Waals surface area contributed by atoms with Gasteiger partial charge in [-0.3, -0.25) is 4.90 Å². The lowest BCUT2D eigenvalue weighted by molar-refractivity contribution is 0.216. The second-order valence-electron chi connectivity index (χ2n) is 5.88. The van der Waals surface area contributed by atoms with Gasteiger partial charge in [0.05, 0.1) is 13.2 Å². The zero-order chi connectivity index (χ0) is 15.9. The summed E-state index contributed by atoms with van der Waals surface area (Å²) in [6, 6.07) is 16.7. The number of benzene rings is 2. The minimum Gasteiger partial charge on any atom is -0.490 e. The molecule has 2 aromatic carbocycles. The topological polar surface area (TPSA) is 21.7 Å². The van der Waals surface area contributed by atoms with E-state index in [1.807, 2.05) is 31.2 Å². The Bertz CT molecular complexity index is 627. The molecule has 1 heterocycles. The van der Waals surface area contributed by atoms with E-state index in [-0.39, 0.29) is 0 Å². The van der Waals surface area contributed by atoms with E-state index in [2.05, 4.69) is 29.2 Å². The van der Waals surface area contributed by atoms with Crippen LogP contribution in [0.15, 0.2) is 48.5 Å². The quantitative estimate of drug-likeness (QED) is 0.724. The average Bonchev–Trinajstić information content (AvgIpc) is 2.60. The van der Waals surface area contributed by atoms with E-state index in [0.29, 0.717) is 6.61 Å². The highest BCUT2D eigenvalue weighted by Crippen LogP contribution is 2.26. The highest BCUT2D eigenvalue weighted by Gasteiger charge is 2.15. The summed E-state index contributed by atoms with van der Waals surface area (Å²) < 4.78 is 11.5. The van der Waals surface area contributed by atoms with Gasteiger partial charge in [0.2, 0.25) is 0 Å². The standard InChI is InChI=1S/C20H25NO2/c1-2-22-19-10-5-6-11-20(19)23-15-7-13-21-14-12-17-8-3-4-9-18(17)16-21/h3-6,8-11H,2,7,12-16H2,1H3. The number of para-hydroxylation sites is 2. The van der Waals surface area contributed by atoms with Crippen LogP contribution in [0.1, 0.15) is 24.5 Å². The van der Waals surface area contributed by atoms with Gasteiger partial charge in [0, 0.05) is 19.6 Å². The first-order valence-electron chi connectivity index (χ1n) is 8.50. The smallest absolute Gasteiger partial charge is 0.161 e. The lowest BCUT2D eigenvalue weighted by Gasteiger charge is -2.28. The van der Waals surface area contributed by atoms with Gasteiger partial charge in [0.25, 0.3) is 0 Å². The molecule has 0 atom stereocenters. The lowest BCUT2D eigenvalue weighted by Crippen LogP contribution is -2.31. The van der Waals surface area contributed by atoms with Crippen molar-refractivity contribution < 1.29 is 9.47 Å². The Balaban J connectivity index is 1.44. The Morgan fingerprint density at radius 1 is 0.913 bits per heavy atom. The van der Waals surface area contributed by atoms with Crippen molar-refractivity contribution in [2.75, 3.05) is 26.3 Å². The van der Waals surface area contributed by atoms with Crippen molar-refractivity contribution in [3.63, 3.8) is 0 Å². The van der Waals surface area contributed by atoms with Crippen molar-refractivity contribution in [2.45, 2.75) is 26.3 Å². The summed E-state index contributed by atoms with van der Waals surface area (Å²) in [7, 11) is 0. The summed E-state index contributed by atoms with van der Waals surface area (Å²) in [5, 5.41) is 0. The SMILES string of the molecule is CCOc1ccccc1OCCCN1CCc2ccccc2C1. The summed E-state index contributed by atoms with van der Waals surface area (Å²) in [5.74, 6) is 1.68. The van der Waals surface area contributed by atoms with Crippen molar-refractivity contribution in [1.29, 1.82) is 0 Å². The van der Waals surface area contributed by atoms with E-state index in [9.17, 15) is 0 Å². The largest absolute Gasteiger partial charge is 0.490 e. The monoisotopic (exact) mass is 311 g/mol. The van der Waals surface area contributed by atoms with Crippen LogP contribution in [0.2, 0.25) is 0 Å². The maximum absolute atomic E-state index is 5.90. The minimum absolute atomic E-state index is 0.660. The second kappa shape index (κ2) is 8.02. The van der Waals surface area contributed by atoms with E-state index in [4.69, 9.17) is 9.47 Å². The average molecular weight is 311 g/mol. The van der Waals surface area contributed by atoms with Crippen LogP contribution in [0.25, 0.3) is 0 Å². The maximum atomic E-state index is 5.90. The number of hydrogen-bond acceptors (Lipinski definition) is 3. The van der Waals surface area contributed by atoms with Crippen LogP contribution >= 0.6 is 0 Å². The molecule has 1 aliphatic rings. The number of ether oxygens (including phenoxy) is 2. The molecule has 0 fully saturated rings. The third-order valence-corrected chi connectivity index (χ3v) is 4.23. The Labute approximate surface area is 138 Å². The van der Waals surface area contributed by atoms with Crippen molar-refractivity contribution in [2.24, 2.45) is 0 Å². The van der Waals surface area contributed by atoms with Crippen LogP contribution in [-0.2, 0) is 13.0 Å². The molecule has 0 amide bonds. The fraction of sp³-hybridized carbons (Fsp3) is 0.400. The first-order chi connectivity index (χ1) is 11.4. The van der Waals surface area contributed by atoms with Gasteiger partial charge in [0.1, 0.15) is 0 Å². The zero-order valence-corrected chi connectivity index (χ0v) is 13.8. The molecule has 0 N–H and O–H groups in total. The first-order valence-corrected chi connectivity index (χ1v) is 8.50. The Hall–Kier alpha value is -2.00. The van der Waals surface area contributed by atoms with Gasteiger partial charge in [-0.15, -0.1) is 0 Å². The fourth-order valence-corrected chi connectivity index (χ4v) is 3.06. The Kier molecular flexibility index (Phi) is 5.54. The van der Waals surface area contributed by atoms with E-state index >= 15 is 0 Å². The highest BCUT2D eigenvalue weighted by atomic mass is 16.5. The van der Waals surface area contributed by atoms with E-state index in [0.717, 1.165) is 50.6 Å². The predicted octanol–water partition coefficient (Wildman–Crippen LogP) is 3.91. The first kappa shape index (κ1) is 15.9. The van der Waals surface area contributed by atoms with Gasteiger partial charge in [-0.2, -0.15) is 0 Å². The molecule has 2 aromatic rings. The molecule has 3 nitrogen and oxygen atoms in total. The van der Waals surface area contributed by atoms with Gasteiger partial charge < -0.3 is 9.47 Å². The summed E-state index contributed by atoms with van der Waals surface area (Å²) >= 11 is 0. The van der Waals surface area contributed by atoms with Gasteiger partial charge in [0.15, 0.2) is 11.5 Å². The molecular weight excluding hydrogens is 286 g/mol. The van der Waals surface area contributed by atoms with Crippen LogP contribution in [0, 0.1) is 0 Å². The van der Waals surface area contributed by atoms with E-state index in [1.54, 1.807) is 0 Å². The third-order valence-electron chi connectivity index (χ3n) is 4.23. The van der Waals surface area contributed by atoms with Crippen molar-refractivity contribution in [1.82, 2.24) is 4.90 Å².